The van der Waals surface area contributed by atoms with Crippen molar-refractivity contribution >= 4 is 39.3 Å². The van der Waals surface area contributed by atoms with Crippen LogP contribution in [0, 0.1) is 0 Å². The van der Waals surface area contributed by atoms with Crippen molar-refractivity contribution in [3.8, 4) is 0 Å². The molecule has 18 heavy (non-hydrogen) atoms. The van der Waals surface area contributed by atoms with Gasteiger partial charge < -0.3 is 0 Å². The molecule has 0 aliphatic rings. The molecule has 0 saturated carbocycles. The molecule has 0 amide bonds. The molecule has 0 atom stereocenters. The first-order valence-electron chi connectivity index (χ1n) is 6.64. The number of unbranched alkanes of at least 4 members (excludes halogenated alkanes) is 6. The summed E-state index contributed by atoms with van der Waals surface area (Å²) in [6, 6.07) is 3.78. The predicted molar refractivity (Wildman–Crippen MR) is 86.1 cm³/mol. The van der Waals surface area contributed by atoms with Gasteiger partial charge in [-0.1, -0.05) is 59.6 Å². The summed E-state index contributed by atoms with van der Waals surface area (Å²) >= 11 is 11.3. The number of halogens is 2. The van der Waals surface area contributed by atoms with Gasteiger partial charge >= 0.3 is 0 Å². The van der Waals surface area contributed by atoms with Crippen LogP contribution >= 0.6 is 39.3 Å². The first-order chi connectivity index (χ1) is 8.84. The van der Waals surface area contributed by atoms with Gasteiger partial charge in [-0.2, -0.15) is 0 Å². The highest BCUT2D eigenvalue weighted by atomic mass is 79.9. The summed E-state index contributed by atoms with van der Waals surface area (Å²) in [5.74, 6) is 1.12. The molecule has 0 aliphatic heterocycles. The Kier molecular flexibility index (Phi) is 10.1. The fourth-order valence-electron chi connectivity index (χ4n) is 1.73. The summed E-state index contributed by atoms with van der Waals surface area (Å²) in [5, 5.41) is 2.89. The highest BCUT2D eigenvalue weighted by Gasteiger charge is 2.00. The third kappa shape index (κ3) is 7.65. The predicted octanol–water partition coefficient (Wildman–Crippen LogP) is 5.95. The van der Waals surface area contributed by atoms with Crippen LogP contribution < -0.4 is 0 Å². The molecule has 0 aromatic carbocycles. The molecule has 1 rings (SSSR count). The van der Waals surface area contributed by atoms with Crippen molar-refractivity contribution in [2.24, 2.45) is 0 Å². The molecule has 0 fully saturated rings. The Morgan fingerprint density at radius 2 is 1.72 bits per heavy atom. The maximum absolute atomic E-state index is 6.05. The van der Waals surface area contributed by atoms with Crippen LogP contribution in [0.3, 0.4) is 0 Å². The van der Waals surface area contributed by atoms with Gasteiger partial charge in [-0.3, -0.25) is 0 Å². The lowest BCUT2D eigenvalue weighted by Crippen LogP contribution is -1.86. The van der Waals surface area contributed by atoms with Crippen molar-refractivity contribution in [2.75, 3.05) is 11.1 Å². The molecule has 1 aromatic heterocycles. The Balaban J connectivity index is 1.94. The van der Waals surface area contributed by atoms with Gasteiger partial charge in [-0.15, -0.1) is 11.8 Å². The number of hydrogen-bond acceptors (Lipinski definition) is 2. The first-order valence-corrected chi connectivity index (χ1v) is 9.12. The second-order valence-corrected chi connectivity index (χ2v) is 6.59. The summed E-state index contributed by atoms with van der Waals surface area (Å²) in [4.78, 5) is 4.27. The number of thioether (sulfide) groups is 1. The number of hydrogen-bond donors (Lipinski definition) is 0. The number of pyridine rings is 1. The fraction of sp³-hybridized carbons (Fsp3) is 0.643. The largest absolute Gasteiger partial charge is 0.248 e. The molecule has 1 aromatic rings. The van der Waals surface area contributed by atoms with E-state index < -0.39 is 0 Å². The van der Waals surface area contributed by atoms with Gasteiger partial charge in [0.25, 0.3) is 0 Å². The van der Waals surface area contributed by atoms with Gasteiger partial charge in [0.1, 0.15) is 5.03 Å². The van der Waals surface area contributed by atoms with Crippen LogP contribution in [0.4, 0.5) is 0 Å². The van der Waals surface area contributed by atoms with Crippen molar-refractivity contribution in [2.45, 2.75) is 50.0 Å². The van der Waals surface area contributed by atoms with Crippen molar-refractivity contribution in [1.82, 2.24) is 4.98 Å². The Hall–Kier alpha value is 0.270. The summed E-state index contributed by atoms with van der Waals surface area (Å²) in [7, 11) is 0. The number of rotatable bonds is 10. The van der Waals surface area contributed by atoms with E-state index in [9.17, 15) is 0 Å². The zero-order valence-electron chi connectivity index (χ0n) is 10.7. The molecule has 4 heteroatoms. The lowest BCUT2D eigenvalue weighted by molar-refractivity contribution is 0.606. The van der Waals surface area contributed by atoms with Crippen LogP contribution in [0.2, 0.25) is 5.02 Å². The number of aromatic nitrogens is 1. The fourth-order valence-corrected chi connectivity index (χ4v) is 3.29. The van der Waals surface area contributed by atoms with E-state index in [1.165, 1.54) is 44.9 Å². The van der Waals surface area contributed by atoms with Crippen LogP contribution in [0.1, 0.15) is 44.9 Å². The van der Waals surface area contributed by atoms with Crippen LogP contribution in [0.15, 0.2) is 23.4 Å². The van der Waals surface area contributed by atoms with E-state index in [2.05, 4.69) is 20.9 Å². The van der Waals surface area contributed by atoms with Crippen molar-refractivity contribution in [1.29, 1.82) is 0 Å². The Morgan fingerprint density at radius 1 is 1.06 bits per heavy atom. The molecular formula is C14H21BrClNS. The molecule has 1 heterocycles. The van der Waals surface area contributed by atoms with E-state index in [1.807, 2.05) is 12.1 Å². The SMILES string of the molecule is Clc1cccnc1SCCCCCCCCCBr. The monoisotopic (exact) mass is 349 g/mol. The van der Waals surface area contributed by atoms with E-state index >= 15 is 0 Å². The van der Waals surface area contributed by atoms with Gasteiger partial charge in [0, 0.05) is 11.5 Å². The maximum Gasteiger partial charge on any atom is 0.115 e. The molecule has 0 unspecified atom stereocenters. The smallest absolute Gasteiger partial charge is 0.115 e. The van der Waals surface area contributed by atoms with Gasteiger partial charge in [-0.25, -0.2) is 4.98 Å². The van der Waals surface area contributed by atoms with Gasteiger partial charge in [0.05, 0.1) is 5.02 Å². The van der Waals surface area contributed by atoms with Gasteiger partial charge in [0.15, 0.2) is 0 Å². The Morgan fingerprint density at radius 3 is 2.39 bits per heavy atom. The molecule has 1 nitrogen and oxygen atoms in total. The van der Waals surface area contributed by atoms with E-state index in [0.717, 1.165) is 21.1 Å². The average molecular weight is 351 g/mol. The molecule has 0 aliphatic carbocycles. The summed E-state index contributed by atoms with van der Waals surface area (Å²) < 4.78 is 0. The molecule has 0 radical (unpaired) electrons. The van der Waals surface area contributed by atoms with Crippen molar-refractivity contribution < 1.29 is 0 Å². The van der Waals surface area contributed by atoms with E-state index in [-0.39, 0.29) is 0 Å². The average Bonchev–Trinajstić information content (AvgIpc) is 2.39. The molecule has 0 saturated heterocycles. The summed E-state index contributed by atoms with van der Waals surface area (Å²) in [5.41, 5.74) is 0. The topological polar surface area (TPSA) is 12.9 Å². The van der Waals surface area contributed by atoms with Crippen LogP contribution in [0.5, 0.6) is 0 Å². The molecule has 0 spiro atoms. The number of nitrogens with zero attached hydrogens (tertiary/aromatic N) is 1. The van der Waals surface area contributed by atoms with Crippen molar-refractivity contribution in [3.63, 3.8) is 0 Å². The lowest BCUT2D eigenvalue weighted by Gasteiger charge is -2.03. The standard InChI is InChI=1S/C14H21BrClNS/c15-10-6-4-2-1-3-5-7-12-18-14-13(16)9-8-11-17-14/h8-9,11H,1-7,10,12H2. The summed E-state index contributed by atoms with van der Waals surface area (Å²) in [6.45, 7) is 0. The zero-order valence-corrected chi connectivity index (χ0v) is 13.9. The van der Waals surface area contributed by atoms with Crippen LogP contribution in [0.25, 0.3) is 0 Å². The summed E-state index contributed by atoms with van der Waals surface area (Å²) in [6.07, 6.45) is 11.2. The minimum atomic E-state index is 0.775. The third-order valence-electron chi connectivity index (χ3n) is 2.74. The Labute approximate surface area is 128 Å². The minimum Gasteiger partial charge on any atom is -0.248 e. The zero-order chi connectivity index (χ0) is 13.1. The number of alkyl halides is 1. The maximum atomic E-state index is 6.05. The van der Waals surface area contributed by atoms with Crippen LogP contribution in [-0.2, 0) is 0 Å². The third-order valence-corrected chi connectivity index (χ3v) is 4.81. The van der Waals surface area contributed by atoms with E-state index in [0.29, 0.717) is 0 Å². The minimum absolute atomic E-state index is 0.775. The van der Waals surface area contributed by atoms with Gasteiger partial charge in [0.2, 0.25) is 0 Å². The molecular weight excluding hydrogens is 330 g/mol. The highest BCUT2D eigenvalue weighted by Crippen LogP contribution is 2.25. The quantitative estimate of drug-likeness (QED) is 0.293. The molecule has 0 N–H and O–H groups in total. The highest BCUT2D eigenvalue weighted by molar-refractivity contribution is 9.09. The normalized spacial score (nSPS) is 10.8. The Bertz CT molecular complexity index is 322. The van der Waals surface area contributed by atoms with E-state index in [4.69, 9.17) is 11.6 Å². The van der Waals surface area contributed by atoms with Crippen LogP contribution in [-0.4, -0.2) is 16.1 Å². The lowest BCUT2D eigenvalue weighted by atomic mass is 10.1. The van der Waals surface area contributed by atoms with E-state index in [1.54, 1.807) is 18.0 Å². The second-order valence-electron chi connectivity index (χ2n) is 4.30. The second kappa shape index (κ2) is 11.1. The molecule has 102 valence electrons. The molecule has 0 bridgehead atoms. The van der Waals surface area contributed by atoms with Crippen molar-refractivity contribution in [3.05, 3.63) is 23.4 Å². The first kappa shape index (κ1) is 16.3. The van der Waals surface area contributed by atoms with Gasteiger partial charge in [-0.05, 0) is 30.7 Å².